The van der Waals surface area contributed by atoms with Crippen LogP contribution in [-0.4, -0.2) is 102 Å². The summed E-state index contributed by atoms with van der Waals surface area (Å²) in [7, 11) is 2.52. The molecule has 0 aromatic heterocycles. The molecule has 1 rings (SSSR count). The van der Waals surface area contributed by atoms with E-state index in [1.165, 1.54) is 26.4 Å². The van der Waals surface area contributed by atoms with Crippen molar-refractivity contribution in [1.29, 1.82) is 0 Å². The molecule has 0 heterocycles. The van der Waals surface area contributed by atoms with Crippen LogP contribution in [0.5, 0.6) is 0 Å². The molecule has 6 heteroatoms. The summed E-state index contributed by atoms with van der Waals surface area (Å²) in [5.41, 5.74) is 0.420. The molecule has 0 bridgehead atoms. The molecule has 0 atom stereocenters. The number of benzene rings is 1. The normalized spacial score (nSPS) is 8.12. The Hall–Kier alpha value is 0.679. The Morgan fingerprint density at radius 1 is 0.938 bits per heavy atom. The molecule has 0 aliphatic heterocycles. The van der Waals surface area contributed by atoms with E-state index < -0.39 is 11.9 Å². The van der Waals surface area contributed by atoms with Crippen LogP contribution in [0.1, 0.15) is 26.4 Å². The third-order valence-corrected chi connectivity index (χ3v) is 1.74. The maximum absolute atomic E-state index is 11.2. The maximum Gasteiger partial charge on any atom is 2.00 e. The van der Waals surface area contributed by atoms with Gasteiger partial charge in [-0.05, 0) is 12.1 Å². The van der Waals surface area contributed by atoms with E-state index in [2.05, 4.69) is 9.47 Å². The Labute approximate surface area is 160 Å². The molecule has 0 spiro atoms. The van der Waals surface area contributed by atoms with Gasteiger partial charge in [0.1, 0.15) is 0 Å². The van der Waals surface area contributed by atoms with Crippen LogP contribution in [0.25, 0.3) is 0 Å². The molecule has 0 N–H and O–H groups in total. The van der Waals surface area contributed by atoms with Gasteiger partial charge in [-0.1, -0.05) is 12.1 Å². The van der Waals surface area contributed by atoms with Crippen molar-refractivity contribution in [3.63, 3.8) is 0 Å². The first-order valence-corrected chi connectivity index (χ1v) is 3.96. The first-order valence-electron chi connectivity index (χ1n) is 3.96. The first kappa shape index (κ1) is 19.0. The van der Waals surface area contributed by atoms with Gasteiger partial charge >= 0.3 is 87.4 Å². The summed E-state index contributed by atoms with van der Waals surface area (Å²) in [5.74, 6) is -1.10. The van der Waals surface area contributed by atoms with Gasteiger partial charge in [0.2, 0.25) is 0 Å². The van der Waals surface area contributed by atoms with E-state index in [4.69, 9.17) is 0 Å². The number of esters is 2. The first-order chi connectivity index (χ1) is 6.70. The zero-order valence-electron chi connectivity index (χ0n) is 13.4. The standard InChI is InChI=1S/C10H10O4.2Ca.4H/c1-13-9(11)7-5-3-4-6-8(7)10(12)14-2;;;;;;/h3-6H,1-2H3;;;;;;/q;2*+2;4*-1. The molecular weight excluding hydrogens is 264 g/mol. The second kappa shape index (κ2) is 9.68. The van der Waals surface area contributed by atoms with Crippen molar-refractivity contribution < 1.29 is 24.8 Å². The van der Waals surface area contributed by atoms with Gasteiger partial charge in [0.05, 0.1) is 25.3 Å². The molecular formula is C10H14Ca2O4. The molecule has 0 aliphatic rings. The van der Waals surface area contributed by atoms with Crippen molar-refractivity contribution in [2.45, 2.75) is 0 Å². The number of carbonyl (C=O) groups is 2. The summed E-state index contributed by atoms with van der Waals surface area (Å²) >= 11 is 0. The zero-order valence-corrected chi connectivity index (χ0v) is 13.8. The average molecular weight is 278 g/mol. The van der Waals surface area contributed by atoms with Crippen LogP contribution in [-0.2, 0) is 9.47 Å². The van der Waals surface area contributed by atoms with Gasteiger partial charge in [0.15, 0.2) is 0 Å². The van der Waals surface area contributed by atoms with Crippen LogP contribution in [0.2, 0.25) is 0 Å². The van der Waals surface area contributed by atoms with E-state index in [1.807, 2.05) is 0 Å². The largest absolute Gasteiger partial charge is 2.00 e. The zero-order chi connectivity index (χ0) is 10.6. The summed E-state index contributed by atoms with van der Waals surface area (Å²) < 4.78 is 9.05. The Balaban J connectivity index is -0.0000000817. The quantitative estimate of drug-likeness (QED) is 0.597. The van der Waals surface area contributed by atoms with Gasteiger partial charge in [0.25, 0.3) is 0 Å². The van der Waals surface area contributed by atoms with Gasteiger partial charge < -0.3 is 15.2 Å². The second-order valence-corrected chi connectivity index (χ2v) is 2.53. The fraction of sp³-hybridized carbons (Fsp3) is 0.200. The van der Waals surface area contributed by atoms with Crippen molar-refractivity contribution in [1.82, 2.24) is 0 Å². The Morgan fingerprint density at radius 3 is 1.50 bits per heavy atom. The maximum atomic E-state index is 11.2. The van der Waals surface area contributed by atoms with Crippen molar-refractivity contribution in [3.05, 3.63) is 35.4 Å². The number of ether oxygens (including phenoxy) is 2. The van der Waals surface area contributed by atoms with Crippen LogP contribution in [0.15, 0.2) is 24.3 Å². The van der Waals surface area contributed by atoms with Gasteiger partial charge in [-0.15, -0.1) is 0 Å². The molecule has 1 aromatic rings. The fourth-order valence-corrected chi connectivity index (χ4v) is 1.06. The van der Waals surface area contributed by atoms with Gasteiger partial charge in [-0.3, -0.25) is 0 Å². The molecule has 0 aliphatic carbocycles. The molecule has 0 fully saturated rings. The third-order valence-electron chi connectivity index (χ3n) is 1.74. The van der Waals surface area contributed by atoms with Crippen molar-refractivity contribution in [2.75, 3.05) is 14.2 Å². The van der Waals surface area contributed by atoms with Crippen LogP contribution in [0.3, 0.4) is 0 Å². The Bertz CT molecular complexity index is 345. The summed E-state index contributed by atoms with van der Waals surface area (Å²) in [6.45, 7) is 0. The molecule has 16 heavy (non-hydrogen) atoms. The van der Waals surface area contributed by atoms with Crippen LogP contribution < -0.4 is 0 Å². The van der Waals surface area contributed by atoms with E-state index >= 15 is 0 Å². The molecule has 0 saturated carbocycles. The molecule has 82 valence electrons. The predicted molar refractivity (Wildman–Crippen MR) is 65.1 cm³/mol. The van der Waals surface area contributed by atoms with E-state index in [1.54, 1.807) is 12.1 Å². The number of hydrogen-bond acceptors (Lipinski definition) is 4. The molecule has 0 saturated heterocycles. The van der Waals surface area contributed by atoms with Gasteiger partial charge in [-0.25, -0.2) is 9.59 Å². The third kappa shape index (κ3) is 4.90. The molecule has 4 nitrogen and oxygen atoms in total. The minimum atomic E-state index is -0.550. The van der Waals surface area contributed by atoms with Crippen LogP contribution >= 0.6 is 0 Å². The Kier molecular flexibility index (Phi) is 11.5. The average Bonchev–Trinajstić information content (AvgIpc) is 2.27. The summed E-state index contributed by atoms with van der Waals surface area (Å²) in [5, 5.41) is 0. The number of rotatable bonds is 2. The van der Waals surface area contributed by atoms with Gasteiger partial charge in [-0.2, -0.15) is 0 Å². The topological polar surface area (TPSA) is 52.6 Å². The second-order valence-electron chi connectivity index (χ2n) is 2.53. The van der Waals surface area contributed by atoms with Crippen molar-refractivity contribution >= 4 is 87.4 Å². The smallest absolute Gasteiger partial charge is 1.00 e. The molecule has 0 amide bonds. The Morgan fingerprint density at radius 2 is 1.25 bits per heavy atom. The molecule has 0 unspecified atom stereocenters. The minimum Gasteiger partial charge on any atom is -1.00 e. The SMILES string of the molecule is COC(=O)c1ccccc1C(=O)OC.[Ca+2].[Ca+2].[H-].[H-].[H-].[H-]. The van der Waals surface area contributed by atoms with E-state index in [0.717, 1.165) is 0 Å². The van der Waals surface area contributed by atoms with E-state index in [-0.39, 0.29) is 92.3 Å². The summed E-state index contributed by atoms with van der Waals surface area (Å²) in [6, 6.07) is 6.33. The van der Waals surface area contributed by atoms with E-state index in [9.17, 15) is 9.59 Å². The van der Waals surface area contributed by atoms with Crippen molar-refractivity contribution in [3.8, 4) is 0 Å². The predicted octanol–water partition coefficient (Wildman–Crippen LogP) is 0.948. The fourth-order valence-electron chi connectivity index (χ4n) is 1.06. The summed E-state index contributed by atoms with van der Waals surface area (Å²) in [6.07, 6.45) is 0. The van der Waals surface area contributed by atoms with E-state index in [0.29, 0.717) is 0 Å². The van der Waals surface area contributed by atoms with Gasteiger partial charge in [0, 0.05) is 0 Å². The van der Waals surface area contributed by atoms with Crippen molar-refractivity contribution in [2.24, 2.45) is 0 Å². The minimum absolute atomic E-state index is 0. The number of methoxy groups -OCH3 is 2. The molecule has 1 aromatic carbocycles. The molecule has 0 radical (unpaired) electrons. The number of carbonyl (C=O) groups excluding carboxylic acids is 2. The number of hydrogen-bond donors (Lipinski definition) is 0. The van der Waals surface area contributed by atoms with Crippen LogP contribution in [0.4, 0.5) is 0 Å². The monoisotopic (exact) mass is 278 g/mol. The summed E-state index contributed by atoms with van der Waals surface area (Å²) in [4.78, 5) is 22.4. The van der Waals surface area contributed by atoms with Crippen LogP contribution in [0, 0.1) is 0 Å².